The van der Waals surface area contributed by atoms with E-state index in [1.165, 1.54) is 63.0 Å². The van der Waals surface area contributed by atoms with Crippen LogP contribution in [0.1, 0.15) is 116 Å². The van der Waals surface area contributed by atoms with Gasteiger partial charge in [0.2, 0.25) is 0 Å². The Morgan fingerprint density at radius 3 is 1.26 bits per heavy atom. The second-order valence-corrected chi connectivity index (χ2v) is 32.1. The number of benzene rings is 8. The Morgan fingerprint density at radius 1 is 0.347 bits per heavy atom. The van der Waals surface area contributed by atoms with Crippen LogP contribution in [-0.2, 0) is 26.2 Å². The van der Waals surface area contributed by atoms with Crippen LogP contribution < -0.4 is 92.1 Å². The summed E-state index contributed by atoms with van der Waals surface area (Å²) in [7, 11) is 10.7. The summed E-state index contributed by atoms with van der Waals surface area (Å²) in [6, 6.07) is 43.9. The van der Waals surface area contributed by atoms with Crippen LogP contribution in [0.25, 0.3) is 0 Å². The van der Waals surface area contributed by atoms with Crippen LogP contribution in [0.5, 0.6) is 57.5 Å². The van der Waals surface area contributed by atoms with Gasteiger partial charge >= 0.3 is 0 Å². The molecule has 0 aliphatic carbocycles. The van der Waals surface area contributed by atoms with E-state index in [1.807, 2.05) is 36.4 Å². The van der Waals surface area contributed by atoms with E-state index >= 15 is 0 Å². The molecular weight excluding hydrogens is 1270 g/mol. The quantitative estimate of drug-likeness (QED) is 0.0300. The molecule has 14 nitrogen and oxygen atoms in total. The summed E-state index contributed by atoms with van der Waals surface area (Å²) < 4.78 is 45.2. The highest BCUT2D eigenvalue weighted by atomic mass is 31.1. The van der Waals surface area contributed by atoms with E-state index in [-0.39, 0.29) is 53.8 Å². The molecule has 0 radical (unpaired) electrons. The summed E-state index contributed by atoms with van der Waals surface area (Å²) in [5, 5.41) is 63.3. The number of hydrogen-bond donors (Lipinski definition) is 8. The largest absolute Gasteiger partial charge is 0.507 e. The highest BCUT2D eigenvalue weighted by Gasteiger charge is 2.20. The molecule has 0 aromatic heterocycles. The van der Waals surface area contributed by atoms with Crippen LogP contribution in [0, 0.1) is 19.7 Å². The molecule has 19 heteroatoms. The lowest BCUT2D eigenvalue weighted by molar-refractivity contribution is 0.366. The van der Waals surface area contributed by atoms with Crippen molar-refractivity contribution >= 4 is 76.8 Å². The second kappa shape index (κ2) is 36.6. The molecule has 0 aliphatic rings. The molecule has 4 atom stereocenters. The first-order valence-corrected chi connectivity index (χ1v) is 35.4. The van der Waals surface area contributed by atoms with Gasteiger partial charge in [-0.25, -0.2) is 4.39 Å². The Morgan fingerprint density at radius 2 is 0.758 bits per heavy atom. The number of nitrogens with one attached hydrogen (secondary N) is 4. The molecule has 0 spiro atoms. The zero-order chi connectivity index (χ0) is 70.4. The van der Waals surface area contributed by atoms with Crippen LogP contribution in [0.15, 0.2) is 140 Å². The number of para-hydroxylation sites is 1. The Bertz CT molecular complexity index is 3750. The molecular formula is C76H103FN4O10P4. The first kappa shape index (κ1) is 78.9. The average Bonchev–Trinajstić information content (AvgIpc) is 0.843. The van der Waals surface area contributed by atoms with Crippen LogP contribution in [-0.4, -0.2) is 85.2 Å². The van der Waals surface area contributed by atoms with Gasteiger partial charge in [-0.1, -0.05) is 119 Å². The van der Waals surface area contributed by atoms with Gasteiger partial charge in [0.1, 0.15) is 28.8 Å². The summed E-state index contributed by atoms with van der Waals surface area (Å²) >= 11 is 0. The standard InChI is InChI=1S/C19H25FNO3P.C19H26NO3P.2C19H26NO2P/c1-19(2,3)21-11-12-8-13(20)6-7-16(12)25-17-10-14(23-4)9-15(24-5)18(17)22;1-19(2,3)20-12-13-8-6-7-9-16(13)24-17-11-14(22-4)10-15(23-5)18(17)21;1-13-6-9-17(14(10-13)12-20-19(2,3)4)23-18-11-15(22-5)7-8-16(18)21;1-13-8-6-9-14(12-20-19(2,3)4)18(13)23-16-11-7-10-15(22-5)17(16)21/h6-10,21-22,25H,11H2,1-5H3;6-11,20-21,24H,12H2,1-5H3;2*6-11,20-21,23H,12H2,1-5H3. The molecule has 0 saturated carbocycles. The number of aryl methyl sites for hydroxylation is 2. The Kier molecular flexibility index (Phi) is 30.4. The maximum Gasteiger partial charge on any atom is 0.165 e. The van der Waals surface area contributed by atoms with Gasteiger partial charge in [-0.15, -0.1) is 0 Å². The van der Waals surface area contributed by atoms with Gasteiger partial charge in [-0.2, -0.15) is 0 Å². The van der Waals surface area contributed by atoms with Crippen LogP contribution in [0.2, 0.25) is 0 Å². The molecule has 0 saturated heterocycles. The Hall–Kier alpha value is -6.75. The molecule has 514 valence electrons. The van der Waals surface area contributed by atoms with Gasteiger partial charge in [-0.05, 0) is 194 Å². The van der Waals surface area contributed by atoms with Crippen molar-refractivity contribution in [3.05, 3.63) is 179 Å². The van der Waals surface area contributed by atoms with E-state index in [1.54, 1.807) is 78.0 Å². The van der Waals surface area contributed by atoms with Crippen LogP contribution in [0.3, 0.4) is 0 Å². The molecule has 0 bridgehead atoms. The number of phenols is 4. The second-order valence-electron chi connectivity index (χ2n) is 26.8. The topological polar surface area (TPSA) is 184 Å². The van der Waals surface area contributed by atoms with Gasteiger partial charge in [0.15, 0.2) is 34.5 Å². The third-order valence-electron chi connectivity index (χ3n) is 14.4. The first-order valence-electron chi connectivity index (χ1n) is 31.4. The maximum absolute atomic E-state index is 13.7. The zero-order valence-corrected chi connectivity index (χ0v) is 63.2. The lowest BCUT2D eigenvalue weighted by Crippen LogP contribution is -2.36. The van der Waals surface area contributed by atoms with Crippen molar-refractivity contribution in [2.75, 3.05) is 42.7 Å². The average molecular weight is 1380 g/mol. The van der Waals surface area contributed by atoms with Crippen molar-refractivity contribution in [2.24, 2.45) is 0 Å². The van der Waals surface area contributed by atoms with Crippen molar-refractivity contribution in [1.29, 1.82) is 0 Å². The lowest BCUT2D eigenvalue weighted by atomic mass is 10.1. The number of halogens is 1. The van der Waals surface area contributed by atoms with Crippen molar-refractivity contribution in [3.63, 3.8) is 0 Å². The van der Waals surface area contributed by atoms with Crippen molar-refractivity contribution in [1.82, 2.24) is 21.3 Å². The normalized spacial score (nSPS) is 12.0. The number of methoxy groups -OCH3 is 6. The third-order valence-corrected chi connectivity index (χ3v) is 20.3. The van der Waals surface area contributed by atoms with E-state index in [0.29, 0.717) is 72.1 Å². The van der Waals surface area contributed by atoms with E-state index in [9.17, 15) is 24.8 Å². The summed E-state index contributed by atoms with van der Waals surface area (Å²) in [4.78, 5) is 0. The summed E-state index contributed by atoms with van der Waals surface area (Å²) in [6.45, 7) is 32.8. The zero-order valence-electron chi connectivity index (χ0n) is 59.2. The van der Waals surface area contributed by atoms with Gasteiger partial charge in [0.05, 0.1) is 42.7 Å². The predicted molar refractivity (Wildman–Crippen MR) is 404 cm³/mol. The minimum atomic E-state index is -0.272. The van der Waals surface area contributed by atoms with Gasteiger partial charge in [-0.3, -0.25) is 0 Å². The molecule has 4 unspecified atom stereocenters. The maximum atomic E-state index is 13.7. The molecule has 0 fully saturated rings. The molecule has 8 rings (SSSR count). The van der Waals surface area contributed by atoms with Gasteiger partial charge in [0.25, 0.3) is 0 Å². The fourth-order valence-corrected chi connectivity index (χ4v) is 14.1. The molecule has 95 heavy (non-hydrogen) atoms. The molecule has 8 N–H and O–H groups in total. The Labute approximate surface area is 572 Å². The van der Waals surface area contributed by atoms with Gasteiger partial charge in [0, 0.05) is 81.7 Å². The number of rotatable bonds is 22. The summed E-state index contributed by atoms with van der Waals surface area (Å²) in [5.41, 5.74) is 7.27. The Balaban J connectivity index is 0.000000229. The van der Waals surface area contributed by atoms with Crippen molar-refractivity contribution in [3.8, 4) is 57.5 Å². The van der Waals surface area contributed by atoms with Crippen LogP contribution in [0.4, 0.5) is 4.39 Å². The molecule has 8 aromatic carbocycles. The minimum Gasteiger partial charge on any atom is -0.507 e. The van der Waals surface area contributed by atoms with E-state index in [2.05, 4.69) is 167 Å². The SMILES string of the molecule is COc1cc(OC)c(O)c(Pc2ccc(F)cc2CNC(C)(C)C)c1.COc1cc(OC)c(O)c(Pc2ccccc2CNC(C)(C)C)c1.COc1ccc(O)c(Pc2ccc(C)cc2CNC(C)(C)C)c1.COc1cccc(Pc2c(C)cccc2CNC(C)(C)C)c1O. The van der Waals surface area contributed by atoms with E-state index in [0.717, 1.165) is 52.2 Å². The number of hydrogen-bond acceptors (Lipinski definition) is 14. The minimum absolute atomic E-state index is 0.0531. The van der Waals surface area contributed by atoms with E-state index in [4.69, 9.17) is 28.4 Å². The van der Waals surface area contributed by atoms with Crippen LogP contribution >= 0.6 is 34.3 Å². The molecule has 8 aromatic rings. The smallest absolute Gasteiger partial charge is 0.165 e. The molecule has 0 heterocycles. The number of phenolic OH excluding ortho intramolecular Hbond substituents is 4. The van der Waals surface area contributed by atoms with E-state index < -0.39 is 0 Å². The fourth-order valence-electron chi connectivity index (χ4n) is 9.12. The highest BCUT2D eigenvalue weighted by molar-refractivity contribution is 7.57. The molecule has 0 amide bonds. The number of aromatic hydroxyl groups is 4. The van der Waals surface area contributed by atoms with Crippen molar-refractivity contribution < 1.29 is 53.2 Å². The van der Waals surface area contributed by atoms with Gasteiger partial charge < -0.3 is 70.1 Å². The first-order chi connectivity index (χ1) is 44.7. The predicted octanol–water partition coefficient (Wildman–Crippen LogP) is 12.4. The fraction of sp³-hybridized carbons (Fsp3) is 0.368. The summed E-state index contributed by atoms with van der Waals surface area (Å²) in [5.74, 6) is 3.92. The summed E-state index contributed by atoms with van der Waals surface area (Å²) in [6.07, 6.45) is 0. The number of ether oxygens (including phenoxy) is 6. The highest BCUT2D eigenvalue weighted by Crippen LogP contribution is 2.36. The monoisotopic (exact) mass is 1370 g/mol. The lowest BCUT2D eigenvalue weighted by Gasteiger charge is -2.22. The molecule has 0 aliphatic heterocycles. The third kappa shape index (κ3) is 26.3. The van der Waals surface area contributed by atoms with Crippen molar-refractivity contribution in [2.45, 2.75) is 145 Å².